The monoisotopic (exact) mass is 375 g/mol. The van der Waals surface area contributed by atoms with Gasteiger partial charge in [0.15, 0.2) is 11.7 Å². The van der Waals surface area contributed by atoms with Crippen LogP contribution in [0.3, 0.4) is 0 Å². The molecule has 0 radical (unpaired) electrons. The molecule has 1 saturated heterocycles. The highest BCUT2D eigenvalue weighted by Gasteiger charge is 2.25. The van der Waals surface area contributed by atoms with E-state index in [9.17, 15) is 4.79 Å². The van der Waals surface area contributed by atoms with Gasteiger partial charge in [0.25, 0.3) is 5.91 Å². The van der Waals surface area contributed by atoms with Crippen LogP contribution in [0.25, 0.3) is 0 Å². The standard InChI is InChI=1S/C18H25N5O2S/c1-13(2)16-21-14(12-26-16)11-20-18(19-3)23-8-6-22(7-9-23)17(24)15-5-4-10-25-15/h4-5,10,12-13H,6-9,11H2,1-3H3,(H,19,20). The molecule has 2 aromatic rings. The Kier molecular flexibility index (Phi) is 5.92. The maximum Gasteiger partial charge on any atom is 0.289 e. The van der Waals surface area contributed by atoms with E-state index in [1.807, 2.05) is 4.90 Å². The molecule has 0 bridgehead atoms. The molecule has 0 atom stereocenters. The molecule has 0 aliphatic carbocycles. The van der Waals surface area contributed by atoms with E-state index in [0.717, 1.165) is 29.8 Å². The molecule has 0 spiro atoms. The number of guanidine groups is 1. The molecule has 0 aromatic carbocycles. The molecule has 2 aromatic heterocycles. The number of hydrogen-bond acceptors (Lipinski definition) is 5. The normalized spacial score (nSPS) is 15.6. The number of carbonyl (C=O) groups excluding carboxylic acids is 1. The summed E-state index contributed by atoms with van der Waals surface area (Å²) in [6.45, 7) is 7.72. The lowest BCUT2D eigenvalue weighted by Gasteiger charge is -2.36. The molecule has 1 fully saturated rings. The van der Waals surface area contributed by atoms with Gasteiger partial charge in [0.2, 0.25) is 0 Å². The van der Waals surface area contributed by atoms with Gasteiger partial charge in [0, 0.05) is 44.5 Å². The fourth-order valence-corrected chi connectivity index (χ4v) is 3.68. The Labute approximate surface area is 157 Å². The Morgan fingerprint density at radius 1 is 1.35 bits per heavy atom. The topological polar surface area (TPSA) is 74.0 Å². The second-order valence-electron chi connectivity index (χ2n) is 6.49. The van der Waals surface area contributed by atoms with Gasteiger partial charge in [0.1, 0.15) is 0 Å². The first-order valence-electron chi connectivity index (χ1n) is 8.81. The predicted octanol–water partition coefficient (Wildman–Crippen LogP) is 2.39. The van der Waals surface area contributed by atoms with Crippen molar-refractivity contribution in [2.24, 2.45) is 4.99 Å². The molecule has 0 saturated carbocycles. The minimum Gasteiger partial charge on any atom is -0.459 e. The van der Waals surface area contributed by atoms with Crippen molar-refractivity contribution < 1.29 is 9.21 Å². The molecule has 3 rings (SSSR count). The molecular weight excluding hydrogens is 350 g/mol. The van der Waals surface area contributed by atoms with Crippen molar-refractivity contribution in [2.75, 3.05) is 33.2 Å². The van der Waals surface area contributed by atoms with Gasteiger partial charge in [-0.3, -0.25) is 9.79 Å². The van der Waals surface area contributed by atoms with E-state index >= 15 is 0 Å². The number of rotatable bonds is 4. The lowest BCUT2D eigenvalue weighted by atomic mass is 10.2. The van der Waals surface area contributed by atoms with Gasteiger partial charge in [-0.15, -0.1) is 11.3 Å². The maximum absolute atomic E-state index is 12.3. The third-order valence-electron chi connectivity index (χ3n) is 4.30. The van der Waals surface area contributed by atoms with Crippen molar-refractivity contribution in [1.82, 2.24) is 20.1 Å². The number of piperazine rings is 1. The third kappa shape index (κ3) is 4.24. The Morgan fingerprint density at radius 3 is 2.65 bits per heavy atom. The number of aliphatic imine (C=N–C) groups is 1. The SMILES string of the molecule is CN=C(NCc1csc(C(C)C)n1)N1CCN(C(=O)c2ccco2)CC1. The van der Waals surface area contributed by atoms with Crippen molar-refractivity contribution >= 4 is 23.2 Å². The summed E-state index contributed by atoms with van der Waals surface area (Å²) in [5.74, 6) is 1.63. The molecule has 1 aliphatic heterocycles. The van der Waals surface area contributed by atoms with Crippen LogP contribution in [0.5, 0.6) is 0 Å². The van der Waals surface area contributed by atoms with E-state index in [1.54, 1.807) is 30.5 Å². The summed E-state index contributed by atoms with van der Waals surface area (Å²) in [5.41, 5.74) is 1.03. The van der Waals surface area contributed by atoms with E-state index in [4.69, 9.17) is 4.42 Å². The van der Waals surface area contributed by atoms with Gasteiger partial charge in [-0.1, -0.05) is 13.8 Å². The zero-order valence-corrected chi connectivity index (χ0v) is 16.3. The van der Waals surface area contributed by atoms with Crippen LogP contribution in [0.1, 0.15) is 41.0 Å². The summed E-state index contributed by atoms with van der Waals surface area (Å²) >= 11 is 1.70. The van der Waals surface area contributed by atoms with Crippen LogP contribution in [0.4, 0.5) is 0 Å². The van der Waals surface area contributed by atoms with E-state index in [0.29, 0.717) is 31.3 Å². The average Bonchev–Trinajstić information content (AvgIpc) is 3.34. The quantitative estimate of drug-likeness (QED) is 0.656. The fourth-order valence-electron chi connectivity index (χ4n) is 2.85. The number of carbonyl (C=O) groups is 1. The summed E-state index contributed by atoms with van der Waals surface area (Å²) in [6, 6.07) is 3.44. The molecule has 26 heavy (non-hydrogen) atoms. The summed E-state index contributed by atoms with van der Waals surface area (Å²) in [5, 5.41) is 6.62. The molecule has 0 unspecified atom stereocenters. The highest BCUT2D eigenvalue weighted by atomic mass is 32.1. The first-order chi connectivity index (χ1) is 12.6. The first kappa shape index (κ1) is 18.4. The van der Waals surface area contributed by atoms with E-state index in [-0.39, 0.29) is 5.91 Å². The van der Waals surface area contributed by atoms with Crippen molar-refractivity contribution in [3.8, 4) is 0 Å². The van der Waals surface area contributed by atoms with Gasteiger partial charge in [0.05, 0.1) is 23.5 Å². The fraction of sp³-hybridized carbons (Fsp3) is 0.500. The molecule has 1 aliphatic rings. The van der Waals surface area contributed by atoms with Gasteiger partial charge in [-0.05, 0) is 12.1 Å². The second-order valence-corrected chi connectivity index (χ2v) is 7.38. The van der Waals surface area contributed by atoms with Crippen LogP contribution >= 0.6 is 11.3 Å². The predicted molar refractivity (Wildman–Crippen MR) is 103 cm³/mol. The largest absolute Gasteiger partial charge is 0.459 e. The highest BCUT2D eigenvalue weighted by Crippen LogP contribution is 2.19. The molecule has 7 nitrogen and oxygen atoms in total. The highest BCUT2D eigenvalue weighted by molar-refractivity contribution is 7.09. The lowest BCUT2D eigenvalue weighted by molar-refractivity contribution is 0.0657. The van der Waals surface area contributed by atoms with Crippen LogP contribution in [0, 0.1) is 0 Å². The minimum atomic E-state index is -0.0544. The molecule has 140 valence electrons. The van der Waals surface area contributed by atoms with Gasteiger partial charge in [-0.25, -0.2) is 4.98 Å². The Bertz CT molecular complexity index is 745. The number of furan rings is 1. The summed E-state index contributed by atoms with van der Waals surface area (Å²) in [4.78, 5) is 25.3. The molecule has 8 heteroatoms. The van der Waals surface area contributed by atoms with Crippen LogP contribution in [0.15, 0.2) is 33.2 Å². The number of hydrogen-bond donors (Lipinski definition) is 1. The second kappa shape index (κ2) is 8.35. The van der Waals surface area contributed by atoms with Crippen molar-refractivity contribution in [3.05, 3.63) is 40.2 Å². The van der Waals surface area contributed by atoms with Gasteiger partial charge < -0.3 is 19.5 Å². The molecule has 3 heterocycles. The Morgan fingerprint density at radius 2 is 2.08 bits per heavy atom. The number of amides is 1. The van der Waals surface area contributed by atoms with Crippen LogP contribution in [-0.2, 0) is 6.54 Å². The smallest absolute Gasteiger partial charge is 0.289 e. The number of nitrogens with one attached hydrogen (secondary N) is 1. The number of thiazole rings is 1. The third-order valence-corrected chi connectivity index (χ3v) is 5.50. The number of aromatic nitrogens is 1. The summed E-state index contributed by atoms with van der Waals surface area (Å²) < 4.78 is 5.20. The number of nitrogens with zero attached hydrogens (tertiary/aromatic N) is 4. The van der Waals surface area contributed by atoms with Crippen molar-refractivity contribution in [2.45, 2.75) is 26.3 Å². The van der Waals surface area contributed by atoms with E-state index < -0.39 is 0 Å². The van der Waals surface area contributed by atoms with Crippen LogP contribution in [-0.4, -0.2) is 59.9 Å². The molecular formula is C18H25N5O2S. The lowest BCUT2D eigenvalue weighted by Crippen LogP contribution is -2.53. The zero-order valence-electron chi connectivity index (χ0n) is 15.4. The first-order valence-corrected chi connectivity index (χ1v) is 9.69. The molecule has 1 amide bonds. The average molecular weight is 375 g/mol. The summed E-state index contributed by atoms with van der Waals surface area (Å²) in [6.07, 6.45) is 1.53. The van der Waals surface area contributed by atoms with E-state index in [1.165, 1.54) is 6.26 Å². The van der Waals surface area contributed by atoms with Crippen molar-refractivity contribution in [3.63, 3.8) is 0 Å². The molecule has 1 N–H and O–H groups in total. The van der Waals surface area contributed by atoms with Crippen molar-refractivity contribution in [1.29, 1.82) is 0 Å². The van der Waals surface area contributed by atoms with Gasteiger partial charge in [-0.2, -0.15) is 0 Å². The van der Waals surface area contributed by atoms with E-state index in [2.05, 4.69) is 39.4 Å². The maximum atomic E-state index is 12.3. The Hall–Kier alpha value is -2.35. The zero-order chi connectivity index (χ0) is 18.5. The Balaban J connectivity index is 1.51. The minimum absolute atomic E-state index is 0.0544. The van der Waals surface area contributed by atoms with Crippen LogP contribution in [0.2, 0.25) is 0 Å². The van der Waals surface area contributed by atoms with Gasteiger partial charge >= 0.3 is 0 Å². The van der Waals surface area contributed by atoms with Crippen LogP contribution < -0.4 is 5.32 Å². The summed E-state index contributed by atoms with van der Waals surface area (Å²) in [7, 11) is 1.78.